The molecule has 2 heterocycles. The molecule has 1 saturated carbocycles. The number of fused-ring (bicyclic) bond motifs is 1. The fourth-order valence-corrected chi connectivity index (χ4v) is 5.07. The van der Waals surface area contributed by atoms with E-state index in [1.54, 1.807) is 22.8 Å². The SMILES string of the molecule is O=C(CN1CCN(c2cc3c(cc2F)c(=O)c(C(=O)O)cn3C2CC2)CC1)c1ccc(Cl)cc1Cl. The predicted octanol–water partition coefficient (Wildman–Crippen LogP) is 4.49. The number of carbonyl (C=O) groups is 2. The first-order chi connectivity index (χ1) is 16.7. The number of ketones is 1. The molecular weight excluding hydrogens is 496 g/mol. The number of aromatic carboxylic acids is 1. The van der Waals surface area contributed by atoms with Crippen LogP contribution in [-0.4, -0.2) is 59.0 Å². The van der Waals surface area contributed by atoms with Crippen molar-refractivity contribution in [1.82, 2.24) is 9.47 Å². The Morgan fingerprint density at radius 2 is 1.74 bits per heavy atom. The first-order valence-electron chi connectivity index (χ1n) is 11.3. The molecule has 1 N–H and O–H groups in total. The van der Waals surface area contributed by atoms with E-state index in [0.29, 0.717) is 53.0 Å². The number of pyridine rings is 1. The third-order valence-corrected chi connectivity index (χ3v) is 7.13. The lowest BCUT2D eigenvalue weighted by Crippen LogP contribution is -2.48. The van der Waals surface area contributed by atoms with E-state index in [1.165, 1.54) is 12.3 Å². The van der Waals surface area contributed by atoms with Gasteiger partial charge in [0.05, 0.1) is 22.8 Å². The van der Waals surface area contributed by atoms with Crippen LogP contribution in [0, 0.1) is 5.82 Å². The predicted molar refractivity (Wildman–Crippen MR) is 133 cm³/mol. The monoisotopic (exact) mass is 517 g/mol. The molecule has 1 aliphatic heterocycles. The molecular formula is C25H22Cl2FN3O4. The summed E-state index contributed by atoms with van der Waals surface area (Å²) in [5.74, 6) is -2.00. The number of nitrogens with zero attached hydrogens (tertiary/aromatic N) is 3. The molecule has 1 aliphatic carbocycles. The Morgan fingerprint density at radius 3 is 2.37 bits per heavy atom. The third kappa shape index (κ3) is 4.66. The molecule has 0 atom stereocenters. The molecule has 0 spiro atoms. The molecule has 0 radical (unpaired) electrons. The van der Waals surface area contributed by atoms with E-state index in [-0.39, 0.29) is 29.3 Å². The van der Waals surface area contributed by atoms with Crippen LogP contribution in [0.3, 0.4) is 0 Å². The van der Waals surface area contributed by atoms with Gasteiger partial charge in [0.15, 0.2) is 5.78 Å². The zero-order valence-electron chi connectivity index (χ0n) is 18.6. The Hall–Kier alpha value is -2.94. The Bertz CT molecular complexity index is 1410. The molecule has 2 fully saturated rings. The Labute approximate surface area is 210 Å². The fraction of sp³-hybridized carbons (Fsp3) is 0.320. The summed E-state index contributed by atoms with van der Waals surface area (Å²) < 4.78 is 16.9. The summed E-state index contributed by atoms with van der Waals surface area (Å²) >= 11 is 12.1. The van der Waals surface area contributed by atoms with Gasteiger partial charge in [-0.15, -0.1) is 0 Å². The number of benzene rings is 2. The first kappa shape index (κ1) is 23.8. The molecule has 5 rings (SSSR count). The molecule has 35 heavy (non-hydrogen) atoms. The van der Waals surface area contributed by atoms with Crippen molar-refractivity contribution in [2.75, 3.05) is 37.6 Å². The lowest BCUT2D eigenvalue weighted by molar-refractivity contribution is 0.0694. The number of carbonyl (C=O) groups excluding carboxylic acids is 1. The molecule has 1 aromatic heterocycles. The second-order valence-corrected chi connectivity index (χ2v) is 9.79. The Kier molecular flexibility index (Phi) is 6.29. The van der Waals surface area contributed by atoms with Gasteiger partial charge in [0.2, 0.25) is 5.43 Å². The average Bonchev–Trinajstić information content (AvgIpc) is 3.65. The van der Waals surface area contributed by atoms with E-state index >= 15 is 4.39 Å². The number of Topliss-reactive ketones (excluding diaryl/α,β-unsaturated/α-hetero) is 1. The van der Waals surface area contributed by atoms with Gasteiger partial charge >= 0.3 is 5.97 Å². The van der Waals surface area contributed by atoms with Crippen molar-refractivity contribution < 1.29 is 19.1 Å². The number of anilines is 1. The van der Waals surface area contributed by atoms with E-state index in [1.807, 2.05) is 9.80 Å². The quantitative estimate of drug-likeness (QED) is 0.485. The number of rotatable bonds is 6. The van der Waals surface area contributed by atoms with Crippen molar-refractivity contribution in [3.63, 3.8) is 0 Å². The van der Waals surface area contributed by atoms with E-state index < -0.39 is 17.2 Å². The highest BCUT2D eigenvalue weighted by Crippen LogP contribution is 2.38. The molecule has 2 aliphatic rings. The highest BCUT2D eigenvalue weighted by Gasteiger charge is 2.29. The van der Waals surface area contributed by atoms with Gasteiger partial charge in [-0.25, -0.2) is 9.18 Å². The second-order valence-electron chi connectivity index (χ2n) is 8.95. The molecule has 0 amide bonds. The summed E-state index contributed by atoms with van der Waals surface area (Å²) in [6.07, 6.45) is 3.14. The molecule has 10 heteroatoms. The van der Waals surface area contributed by atoms with Crippen LogP contribution in [0.1, 0.15) is 39.6 Å². The number of carboxylic acids is 1. The van der Waals surface area contributed by atoms with Crippen molar-refractivity contribution in [3.8, 4) is 0 Å². The minimum atomic E-state index is -1.32. The minimum Gasteiger partial charge on any atom is -0.477 e. The van der Waals surface area contributed by atoms with Crippen LogP contribution in [0.25, 0.3) is 10.9 Å². The van der Waals surface area contributed by atoms with Gasteiger partial charge in [0.1, 0.15) is 11.4 Å². The lowest BCUT2D eigenvalue weighted by Gasteiger charge is -2.36. The van der Waals surface area contributed by atoms with Crippen LogP contribution in [0.4, 0.5) is 10.1 Å². The third-order valence-electron chi connectivity index (χ3n) is 6.58. The molecule has 7 nitrogen and oxygen atoms in total. The van der Waals surface area contributed by atoms with Gasteiger partial charge in [-0.2, -0.15) is 0 Å². The largest absolute Gasteiger partial charge is 0.477 e. The molecule has 182 valence electrons. The lowest BCUT2D eigenvalue weighted by atomic mass is 10.1. The summed E-state index contributed by atoms with van der Waals surface area (Å²) in [6, 6.07) is 7.68. The van der Waals surface area contributed by atoms with Crippen molar-refractivity contribution in [2.45, 2.75) is 18.9 Å². The van der Waals surface area contributed by atoms with E-state index in [4.69, 9.17) is 23.2 Å². The second kappa shape index (κ2) is 9.26. The van der Waals surface area contributed by atoms with Crippen LogP contribution in [-0.2, 0) is 0 Å². The normalized spacial score (nSPS) is 16.6. The van der Waals surface area contributed by atoms with Crippen LogP contribution < -0.4 is 10.3 Å². The van der Waals surface area contributed by atoms with Crippen LogP contribution in [0.2, 0.25) is 10.0 Å². The number of hydrogen-bond donors (Lipinski definition) is 1. The number of piperazine rings is 1. The van der Waals surface area contributed by atoms with E-state index in [2.05, 4.69) is 0 Å². The summed E-state index contributed by atoms with van der Waals surface area (Å²) in [5, 5.41) is 10.3. The van der Waals surface area contributed by atoms with Crippen LogP contribution in [0.15, 0.2) is 41.3 Å². The number of carboxylic acid groups (broad SMARTS) is 1. The number of hydrogen-bond acceptors (Lipinski definition) is 5. The zero-order valence-corrected chi connectivity index (χ0v) is 20.2. The summed E-state index contributed by atoms with van der Waals surface area (Å²) in [6.45, 7) is 2.26. The van der Waals surface area contributed by atoms with Gasteiger partial charge in [-0.05, 0) is 43.2 Å². The molecule has 2 aromatic carbocycles. The summed E-state index contributed by atoms with van der Waals surface area (Å²) in [5.41, 5.74) is 0.280. The number of halogens is 3. The van der Waals surface area contributed by atoms with Crippen molar-refractivity contribution in [3.05, 3.63) is 73.7 Å². The van der Waals surface area contributed by atoms with Gasteiger partial charge in [-0.3, -0.25) is 14.5 Å². The average molecular weight is 518 g/mol. The van der Waals surface area contributed by atoms with E-state index in [0.717, 1.165) is 18.9 Å². The van der Waals surface area contributed by atoms with Gasteiger partial charge in [0, 0.05) is 54.4 Å². The van der Waals surface area contributed by atoms with Crippen LogP contribution in [0.5, 0.6) is 0 Å². The van der Waals surface area contributed by atoms with E-state index in [9.17, 15) is 19.5 Å². The number of aromatic nitrogens is 1. The maximum Gasteiger partial charge on any atom is 0.341 e. The van der Waals surface area contributed by atoms with Gasteiger partial charge < -0.3 is 14.6 Å². The van der Waals surface area contributed by atoms with Crippen LogP contribution >= 0.6 is 23.2 Å². The standard InChI is InChI=1S/C25H22Cl2FN3O4/c26-14-1-4-16(19(27)9-14)23(32)13-29-5-7-30(8-6-29)22-11-21-17(10-20(22)28)24(33)18(25(34)35)12-31(21)15-2-3-15/h1,4,9-12,15H,2-3,5-8,13H2,(H,34,35). The van der Waals surface area contributed by atoms with Crippen molar-refractivity contribution in [2.24, 2.45) is 0 Å². The fourth-order valence-electron chi connectivity index (χ4n) is 4.56. The zero-order chi connectivity index (χ0) is 24.9. The molecule has 0 bridgehead atoms. The smallest absolute Gasteiger partial charge is 0.341 e. The van der Waals surface area contributed by atoms with Gasteiger partial charge in [0.25, 0.3) is 0 Å². The Morgan fingerprint density at radius 1 is 1.03 bits per heavy atom. The minimum absolute atomic E-state index is 0.0714. The van der Waals surface area contributed by atoms with Crippen molar-refractivity contribution >= 4 is 51.5 Å². The maximum atomic E-state index is 15.1. The highest BCUT2D eigenvalue weighted by molar-refractivity contribution is 6.36. The maximum absolute atomic E-state index is 15.1. The Balaban J connectivity index is 1.36. The highest BCUT2D eigenvalue weighted by atomic mass is 35.5. The summed E-state index contributed by atoms with van der Waals surface area (Å²) in [7, 11) is 0. The van der Waals surface area contributed by atoms with Crippen molar-refractivity contribution in [1.29, 1.82) is 0 Å². The first-order valence-corrected chi connectivity index (χ1v) is 12.1. The summed E-state index contributed by atoms with van der Waals surface area (Å²) in [4.78, 5) is 40.8. The molecule has 3 aromatic rings. The topological polar surface area (TPSA) is 82.8 Å². The van der Waals surface area contributed by atoms with Gasteiger partial charge in [-0.1, -0.05) is 23.2 Å². The molecule has 0 unspecified atom stereocenters. The molecule has 1 saturated heterocycles.